The summed E-state index contributed by atoms with van der Waals surface area (Å²) in [5.74, 6) is 1.07. The van der Waals surface area contributed by atoms with E-state index in [1.165, 1.54) is 0 Å². The number of hydrogen-bond donors (Lipinski definition) is 1. The molecule has 2 aromatic rings. The van der Waals surface area contributed by atoms with Crippen molar-refractivity contribution in [3.8, 4) is 11.6 Å². The summed E-state index contributed by atoms with van der Waals surface area (Å²) >= 11 is 12.3. The quantitative estimate of drug-likeness (QED) is 0.841. The van der Waals surface area contributed by atoms with Crippen molar-refractivity contribution in [2.75, 3.05) is 0 Å². The van der Waals surface area contributed by atoms with Gasteiger partial charge in [-0.2, -0.15) is 0 Å². The molecule has 1 heterocycles. The molecular formula is C16H18Cl2N2O. The maximum atomic E-state index is 6.16. The van der Waals surface area contributed by atoms with Crippen LogP contribution in [0.25, 0.3) is 0 Å². The standard InChI is InChI=1S/C16H18Cl2N2O/c1-10(2)19-9-14-12(17)6-7-16(20-14)21-15-8-11(3)4-5-13(15)18/h4-8,10,19H,9H2,1-3H3. The summed E-state index contributed by atoms with van der Waals surface area (Å²) in [6, 6.07) is 9.50. The Morgan fingerprint density at radius 1 is 1.14 bits per heavy atom. The van der Waals surface area contributed by atoms with E-state index in [0.29, 0.717) is 34.3 Å². The van der Waals surface area contributed by atoms with Crippen LogP contribution in [0.3, 0.4) is 0 Å². The number of ether oxygens (including phenoxy) is 1. The van der Waals surface area contributed by atoms with Gasteiger partial charge in [-0.15, -0.1) is 0 Å². The second-order valence-electron chi connectivity index (χ2n) is 5.15. The zero-order valence-corrected chi connectivity index (χ0v) is 13.8. The van der Waals surface area contributed by atoms with E-state index < -0.39 is 0 Å². The van der Waals surface area contributed by atoms with Crippen LogP contribution in [-0.4, -0.2) is 11.0 Å². The third-order valence-corrected chi connectivity index (χ3v) is 3.53. The van der Waals surface area contributed by atoms with Crippen molar-refractivity contribution in [1.29, 1.82) is 0 Å². The second-order valence-corrected chi connectivity index (χ2v) is 5.96. The fourth-order valence-corrected chi connectivity index (χ4v) is 2.08. The minimum atomic E-state index is 0.360. The summed E-state index contributed by atoms with van der Waals surface area (Å²) in [5.41, 5.74) is 1.83. The van der Waals surface area contributed by atoms with Gasteiger partial charge in [0.15, 0.2) is 0 Å². The fraction of sp³-hybridized carbons (Fsp3) is 0.312. The lowest BCUT2D eigenvalue weighted by molar-refractivity contribution is 0.458. The van der Waals surface area contributed by atoms with Gasteiger partial charge in [-0.25, -0.2) is 4.98 Å². The van der Waals surface area contributed by atoms with Gasteiger partial charge in [-0.3, -0.25) is 0 Å². The first-order valence-electron chi connectivity index (χ1n) is 6.78. The number of nitrogens with zero attached hydrogens (tertiary/aromatic N) is 1. The molecule has 0 atom stereocenters. The lowest BCUT2D eigenvalue weighted by Gasteiger charge is -2.12. The fourth-order valence-electron chi connectivity index (χ4n) is 1.75. The molecule has 112 valence electrons. The number of halogens is 2. The van der Waals surface area contributed by atoms with E-state index >= 15 is 0 Å². The predicted molar refractivity (Wildman–Crippen MR) is 87.5 cm³/mol. The number of aromatic nitrogens is 1. The van der Waals surface area contributed by atoms with Gasteiger partial charge in [0.2, 0.25) is 5.88 Å². The Balaban J connectivity index is 2.20. The summed E-state index contributed by atoms with van der Waals surface area (Å²) < 4.78 is 5.76. The molecule has 0 aliphatic rings. The molecule has 1 aromatic heterocycles. The predicted octanol–water partition coefficient (Wildman–Crippen LogP) is 4.99. The largest absolute Gasteiger partial charge is 0.437 e. The highest BCUT2D eigenvalue weighted by Gasteiger charge is 2.08. The van der Waals surface area contributed by atoms with Crippen LogP contribution in [0.4, 0.5) is 0 Å². The molecule has 21 heavy (non-hydrogen) atoms. The minimum absolute atomic E-state index is 0.360. The normalized spacial score (nSPS) is 11.0. The van der Waals surface area contributed by atoms with E-state index in [0.717, 1.165) is 11.3 Å². The third kappa shape index (κ3) is 4.60. The zero-order chi connectivity index (χ0) is 15.4. The van der Waals surface area contributed by atoms with E-state index in [1.807, 2.05) is 25.1 Å². The molecule has 0 amide bonds. The smallest absolute Gasteiger partial charge is 0.219 e. The van der Waals surface area contributed by atoms with E-state index in [2.05, 4.69) is 24.1 Å². The molecule has 0 saturated heterocycles. The van der Waals surface area contributed by atoms with Gasteiger partial charge in [-0.05, 0) is 30.7 Å². The molecule has 2 rings (SSSR count). The van der Waals surface area contributed by atoms with Crippen LogP contribution < -0.4 is 10.1 Å². The minimum Gasteiger partial charge on any atom is -0.437 e. The number of nitrogens with one attached hydrogen (secondary N) is 1. The lowest BCUT2D eigenvalue weighted by Crippen LogP contribution is -2.22. The third-order valence-electron chi connectivity index (χ3n) is 2.87. The highest BCUT2D eigenvalue weighted by Crippen LogP contribution is 2.30. The number of hydrogen-bond acceptors (Lipinski definition) is 3. The van der Waals surface area contributed by atoms with Gasteiger partial charge in [0.25, 0.3) is 0 Å². The Morgan fingerprint density at radius 3 is 2.57 bits per heavy atom. The molecule has 0 fully saturated rings. The van der Waals surface area contributed by atoms with Gasteiger partial charge < -0.3 is 10.1 Å². The SMILES string of the molecule is Cc1ccc(Cl)c(Oc2ccc(Cl)c(CNC(C)C)n2)c1. The Morgan fingerprint density at radius 2 is 1.86 bits per heavy atom. The highest BCUT2D eigenvalue weighted by atomic mass is 35.5. The molecule has 0 bridgehead atoms. The van der Waals surface area contributed by atoms with Crippen LogP contribution in [-0.2, 0) is 6.54 Å². The summed E-state index contributed by atoms with van der Waals surface area (Å²) in [7, 11) is 0. The second kappa shape index (κ2) is 7.12. The van der Waals surface area contributed by atoms with E-state index in [9.17, 15) is 0 Å². The average molecular weight is 325 g/mol. The average Bonchev–Trinajstić information content (AvgIpc) is 2.43. The van der Waals surface area contributed by atoms with Gasteiger partial charge in [0.1, 0.15) is 5.75 Å². The first kappa shape index (κ1) is 16.1. The molecule has 0 spiro atoms. The number of aryl methyl sites for hydroxylation is 1. The van der Waals surface area contributed by atoms with Gasteiger partial charge in [0, 0.05) is 18.7 Å². The first-order valence-corrected chi connectivity index (χ1v) is 7.54. The van der Waals surface area contributed by atoms with Crippen LogP contribution in [0.15, 0.2) is 30.3 Å². The van der Waals surface area contributed by atoms with Gasteiger partial charge in [-0.1, -0.05) is 43.1 Å². The number of pyridine rings is 1. The van der Waals surface area contributed by atoms with Crippen molar-refractivity contribution in [2.45, 2.75) is 33.4 Å². The van der Waals surface area contributed by atoms with Crippen molar-refractivity contribution in [3.05, 3.63) is 51.6 Å². The van der Waals surface area contributed by atoms with Crippen LogP contribution in [0.5, 0.6) is 11.6 Å². The van der Waals surface area contributed by atoms with Crippen LogP contribution in [0.2, 0.25) is 10.0 Å². The topological polar surface area (TPSA) is 34.1 Å². The zero-order valence-electron chi connectivity index (χ0n) is 12.3. The maximum Gasteiger partial charge on any atom is 0.219 e. The molecule has 0 aliphatic carbocycles. The molecular weight excluding hydrogens is 307 g/mol. The molecule has 1 aromatic carbocycles. The monoisotopic (exact) mass is 324 g/mol. The Kier molecular flexibility index (Phi) is 5.45. The molecule has 0 unspecified atom stereocenters. The van der Waals surface area contributed by atoms with Crippen molar-refractivity contribution < 1.29 is 4.74 Å². The number of benzene rings is 1. The highest BCUT2D eigenvalue weighted by molar-refractivity contribution is 6.32. The van der Waals surface area contributed by atoms with E-state index in [1.54, 1.807) is 12.1 Å². The summed E-state index contributed by atoms with van der Waals surface area (Å²) in [4.78, 5) is 4.43. The molecule has 0 radical (unpaired) electrons. The van der Waals surface area contributed by atoms with Gasteiger partial charge >= 0.3 is 0 Å². The van der Waals surface area contributed by atoms with Crippen molar-refractivity contribution in [1.82, 2.24) is 10.3 Å². The first-order chi connectivity index (χ1) is 9.95. The Labute approximate surface area is 135 Å². The van der Waals surface area contributed by atoms with Crippen molar-refractivity contribution in [2.24, 2.45) is 0 Å². The molecule has 1 N–H and O–H groups in total. The van der Waals surface area contributed by atoms with Gasteiger partial charge in [0.05, 0.1) is 15.7 Å². The van der Waals surface area contributed by atoms with Crippen molar-refractivity contribution in [3.63, 3.8) is 0 Å². The maximum absolute atomic E-state index is 6.16. The molecule has 0 aliphatic heterocycles. The molecule has 5 heteroatoms. The van der Waals surface area contributed by atoms with E-state index in [-0.39, 0.29) is 0 Å². The molecule has 3 nitrogen and oxygen atoms in total. The van der Waals surface area contributed by atoms with Crippen LogP contribution in [0, 0.1) is 6.92 Å². The van der Waals surface area contributed by atoms with Crippen LogP contribution in [0.1, 0.15) is 25.1 Å². The summed E-state index contributed by atoms with van der Waals surface area (Å²) in [5, 5.41) is 4.46. The molecule has 0 saturated carbocycles. The van der Waals surface area contributed by atoms with Crippen molar-refractivity contribution >= 4 is 23.2 Å². The summed E-state index contributed by atoms with van der Waals surface area (Å²) in [6.45, 7) is 6.72. The Bertz CT molecular complexity index is 630. The Hall–Kier alpha value is -1.29. The van der Waals surface area contributed by atoms with Crippen LogP contribution >= 0.6 is 23.2 Å². The van der Waals surface area contributed by atoms with E-state index in [4.69, 9.17) is 27.9 Å². The lowest BCUT2D eigenvalue weighted by atomic mass is 10.2. The summed E-state index contributed by atoms with van der Waals surface area (Å²) in [6.07, 6.45) is 0. The number of rotatable bonds is 5.